The summed E-state index contributed by atoms with van der Waals surface area (Å²) in [6.07, 6.45) is 0. The van der Waals surface area contributed by atoms with E-state index in [9.17, 15) is 4.79 Å². The lowest BCUT2D eigenvalue weighted by Gasteiger charge is -2.02. The van der Waals surface area contributed by atoms with Gasteiger partial charge in [0.2, 0.25) is 0 Å². The Morgan fingerprint density at radius 3 is 2.50 bits per heavy atom. The predicted octanol–water partition coefficient (Wildman–Crippen LogP) is 1.37. The molecule has 0 bridgehead atoms. The molecule has 0 unspecified atom stereocenters. The van der Waals surface area contributed by atoms with Crippen molar-refractivity contribution in [1.29, 1.82) is 0 Å². The first-order valence-electron chi connectivity index (χ1n) is 3.92. The summed E-state index contributed by atoms with van der Waals surface area (Å²) in [7, 11) is 4.35. The van der Waals surface area contributed by atoms with E-state index < -0.39 is 5.97 Å². The van der Waals surface area contributed by atoms with Crippen molar-refractivity contribution in [1.82, 2.24) is 0 Å². The summed E-state index contributed by atoms with van der Waals surface area (Å²) in [5, 5.41) is 3.50. The number of carbonyl (C=O) groups is 1. The molecule has 0 aromatic heterocycles. The molecule has 0 spiro atoms. The summed E-state index contributed by atoms with van der Waals surface area (Å²) in [5.74, 6) is -0.556. The average molecular weight is 192 g/mol. The highest BCUT2D eigenvalue weighted by Gasteiger charge is 2.14. The van der Waals surface area contributed by atoms with Crippen LogP contribution in [0.25, 0.3) is 0 Å². The van der Waals surface area contributed by atoms with Crippen LogP contribution in [0.15, 0.2) is 35.5 Å². The van der Waals surface area contributed by atoms with E-state index in [1.165, 1.54) is 7.11 Å². The van der Waals surface area contributed by atoms with Crippen LogP contribution in [0.1, 0.15) is 5.56 Å². The van der Waals surface area contributed by atoms with Gasteiger partial charge in [-0.25, -0.2) is 4.79 Å². The Bertz CT molecular complexity index is 332. The molecule has 4 heteroatoms. The molecule has 1 radical (unpaired) electrons. The first-order valence-corrected chi connectivity index (χ1v) is 3.92. The van der Waals surface area contributed by atoms with Gasteiger partial charge in [0.15, 0.2) is 12.8 Å². The Morgan fingerprint density at radius 1 is 1.36 bits per heavy atom. The largest absolute Gasteiger partial charge is 0.464 e. The minimum atomic E-state index is -0.556. The van der Waals surface area contributed by atoms with E-state index in [2.05, 4.69) is 21.8 Å². The molecule has 1 rings (SSSR count). The molecule has 1 aromatic rings. The van der Waals surface area contributed by atoms with Crippen molar-refractivity contribution >= 4 is 11.7 Å². The maximum Gasteiger partial charge on any atom is 0.360 e. The third-order valence-electron chi connectivity index (χ3n) is 1.58. The Morgan fingerprint density at radius 2 is 2.00 bits per heavy atom. The Balaban J connectivity index is 3.02. The highest BCUT2D eigenvalue weighted by atomic mass is 16.6. The standard InChI is InChI=1S/C10H10NO3/c1-13-10(12)9(11-14-2)8-6-4-3-5-7-8/h3-7H,2H2,1H3/b11-9-. The summed E-state index contributed by atoms with van der Waals surface area (Å²) in [5.41, 5.74) is 0.728. The molecular formula is C10H10NO3. The maximum atomic E-state index is 11.2. The Hall–Kier alpha value is -1.84. The molecule has 0 aliphatic carbocycles. The van der Waals surface area contributed by atoms with Gasteiger partial charge in [-0.2, -0.15) is 0 Å². The van der Waals surface area contributed by atoms with Crippen molar-refractivity contribution in [3.8, 4) is 0 Å². The van der Waals surface area contributed by atoms with E-state index in [1.54, 1.807) is 24.3 Å². The van der Waals surface area contributed by atoms with Gasteiger partial charge in [0.1, 0.15) is 0 Å². The van der Waals surface area contributed by atoms with Crippen molar-refractivity contribution in [2.24, 2.45) is 5.16 Å². The second-order valence-electron chi connectivity index (χ2n) is 2.43. The molecule has 1 aromatic carbocycles. The number of hydrogen-bond acceptors (Lipinski definition) is 4. The number of esters is 1. The molecular weight excluding hydrogens is 182 g/mol. The monoisotopic (exact) mass is 192 g/mol. The van der Waals surface area contributed by atoms with Crippen LogP contribution in [0.2, 0.25) is 0 Å². The van der Waals surface area contributed by atoms with Crippen LogP contribution in [0, 0.1) is 7.11 Å². The molecule has 0 aliphatic rings. The minimum absolute atomic E-state index is 0.100. The van der Waals surface area contributed by atoms with Crippen molar-refractivity contribution in [2.45, 2.75) is 0 Å². The van der Waals surface area contributed by atoms with Crippen LogP contribution in [-0.4, -0.2) is 18.8 Å². The number of carbonyl (C=O) groups excluding carboxylic acids is 1. The van der Waals surface area contributed by atoms with Crippen LogP contribution in [0.4, 0.5) is 0 Å². The van der Waals surface area contributed by atoms with Gasteiger partial charge in [-0.15, -0.1) is 0 Å². The third-order valence-corrected chi connectivity index (χ3v) is 1.58. The van der Waals surface area contributed by atoms with Crippen molar-refractivity contribution in [2.75, 3.05) is 7.11 Å². The zero-order chi connectivity index (χ0) is 10.4. The fourth-order valence-electron chi connectivity index (χ4n) is 0.965. The summed E-state index contributed by atoms with van der Waals surface area (Å²) < 4.78 is 4.54. The summed E-state index contributed by atoms with van der Waals surface area (Å²) in [6, 6.07) is 8.88. The zero-order valence-corrected chi connectivity index (χ0v) is 7.77. The summed E-state index contributed by atoms with van der Waals surface area (Å²) in [6.45, 7) is 0. The summed E-state index contributed by atoms with van der Waals surface area (Å²) in [4.78, 5) is 15.6. The van der Waals surface area contributed by atoms with Crippen LogP contribution in [0.5, 0.6) is 0 Å². The second kappa shape index (κ2) is 5.01. The average Bonchev–Trinajstić information content (AvgIpc) is 2.26. The first-order chi connectivity index (χ1) is 6.79. The molecule has 4 nitrogen and oxygen atoms in total. The van der Waals surface area contributed by atoms with E-state index in [0.29, 0.717) is 5.56 Å². The zero-order valence-electron chi connectivity index (χ0n) is 7.77. The molecule has 0 fully saturated rings. The van der Waals surface area contributed by atoms with Gasteiger partial charge < -0.3 is 9.57 Å². The quantitative estimate of drug-likeness (QED) is 0.413. The van der Waals surface area contributed by atoms with E-state index in [1.807, 2.05) is 6.07 Å². The van der Waals surface area contributed by atoms with Gasteiger partial charge in [0, 0.05) is 5.56 Å². The number of benzene rings is 1. The molecule has 0 amide bonds. The van der Waals surface area contributed by atoms with E-state index in [-0.39, 0.29) is 5.71 Å². The lowest BCUT2D eigenvalue weighted by atomic mass is 10.1. The lowest BCUT2D eigenvalue weighted by molar-refractivity contribution is -0.132. The molecule has 14 heavy (non-hydrogen) atoms. The number of rotatable bonds is 3. The van der Waals surface area contributed by atoms with Crippen molar-refractivity contribution < 1.29 is 14.4 Å². The molecule has 0 saturated carbocycles. The van der Waals surface area contributed by atoms with Gasteiger partial charge >= 0.3 is 5.97 Å². The topological polar surface area (TPSA) is 47.9 Å². The number of hydrogen-bond donors (Lipinski definition) is 0. The number of ether oxygens (including phenoxy) is 1. The minimum Gasteiger partial charge on any atom is -0.464 e. The van der Waals surface area contributed by atoms with Gasteiger partial charge in [-0.05, 0) is 0 Å². The van der Waals surface area contributed by atoms with Crippen molar-refractivity contribution in [3.63, 3.8) is 0 Å². The second-order valence-corrected chi connectivity index (χ2v) is 2.43. The molecule has 0 aliphatic heterocycles. The van der Waals surface area contributed by atoms with Crippen LogP contribution in [-0.2, 0) is 14.4 Å². The van der Waals surface area contributed by atoms with E-state index in [0.717, 1.165) is 0 Å². The maximum absolute atomic E-state index is 11.2. The molecule has 0 N–H and O–H groups in total. The predicted molar refractivity (Wildman–Crippen MR) is 51.4 cm³/mol. The normalized spacial score (nSPS) is 10.9. The van der Waals surface area contributed by atoms with Gasteiger partial charge in [0.05, 0.1) is 7.11 Å². The Labute approximate surface area is 82.1 Å². The number of oxime groups is 1. The fraction of sp³-hybridized carbons (Fsp3) is 0.100. The van der Waals surface area contributed by atoms with Gasteiger partial charge in [0.25, 0.3) is 0 Å². The summed E-state index contributed by atoms with van der Waals surface area (Å²) >= 11 is 0. The Kier molecular flexibility index (Phi) is 3.67. The number of methoxy groups -OCH3 is 1. The van der Waals surface area contributed by atoms with E-state index in [4.69, 9.17) is 0 Å². The van der Waals surface area contributed by atoms with Gasteiger partial charge in [-0.3, -0.25) is 0 Å². The molecule has 0 heterocycles. The molecule has 0 saturated heterocycles. The SMILES string of the molecule is [CH2]O/N=C(\C(=O)OC)c1ccccc1. The highest BCUT2D eigenvalue weighted by molar-refractivity contribution is 6.43. The van der Waals surface area contributed by atoms with Crippen LogP contribution in [0.3, 0.4) is 0 Å². The van der Waals surface area contributed by atoms with Gasteiger partial charge in [-0.1, -0.05) is 35.5 Å². The molecule has 0 atom stereocenters. The fourth-order valence-corrected chi connectivity index (χ4v) is 0.965. The smallest absolute Gasteiger partial charge is 0.360 e. The molecule has 73 valence electrons. The lowest BCUT2D eigenvalue weighted by Crippen LogP contribution is -2.17. The van der Waals surface area contributed by atoms with E-state index >= 15 is 0 Å². The first kappa shape index (κ1) is 10.2. The highest BCUT2D eigenvalue weighted by Crippen LogP contribution is 2.03. The third kappa shape index (κ3) is 2.32. The van der Waals surface area contributed by atoms with Crippen molar-refractivity contribution in [3.05, 3.63) is 43.0 Å². The van der Waals surface area contributed by atoms with Crippen LogP contribution >= 0.6 is 0 Å². The van der Waals surface area contributed by atoms with Crippen LogP contribution < -0.4 is 0 Å². The number of nitrogens with zero attached hydrogens (tertiary/aromatic N) is 1.